The summed E-state index contributed by atoms with van der Waals surface area (Å²) < 4.78 is 21.2. The quantitative estimate of drug-likeness (QED) is 0.122. The van der Waals surface area contributed by atoms with Crippen LogP contribution in [-0.2, 0) is 6.61 Å². The molecular formula is C40H37Br2N3O4. The molecule has 0 unspecified atom stereocenters. The number of rotatable bonds is 11. The van der Waals surface area contributed by atoms with E-state index in [0.717, 1.165) is 38.8 Å². The molecule has 0 fully saturated rings. The largest absolute Gasteiger partial charge is 0.494 e. The highest BCUT2D eigenvalue weighted by molar-refractivity contribution is 9.13. The first-order valence-electron chi connectivity index (χ1n) is 16.3. The van der Waals surface area contributed by atoms with Gasteiger partial charge < -0.3 is 14.2 Å². The normalized spacial score (nSPS) is 11.6. The molecule has 6 aromatic rings. The van der Waals surface area contributed by atoms with Crippen LogP contribution in [0.5, 0.6) is 17.2 Å². The van der Waals surface area contributed by atoms with E-state index >= 15 is 0 Å². The van der Waals surface area contributed by atoms with E-state index in [1.165, 1.54) is 4.68 Å². The first kappa shape index (κ1) is 34.4. The third kappa shape index (κ3) is 7.00. The third-order valence-corrected chi connectivity index (χ3v) is 10.4. The maximum absolute atomic E-state index is 14.1. The van der Waals surface area contributed by atoms with Crippen LogP contribution in [0.25, 0.3) is 33.1 Å². The van der Waals surface area contributed by atoms with Crippen molar-refractivity contribution in [1.82, 2.24) is 9.66 Å². The number of aromatic nitrogens is 2. The molecule has 49 heavy (non-hydrogen) atoms. The molecule has 0 radical (unpaired) electrons. The molecule has 0 aliphatic rings. The average molecular weight is 784 g/mol. The van der Waals surface area contributed by atoms with Gasteiger partial charge in [-0.1, -0.05) is 68.4 Å². The average Bonchev–Trinajstić information content (AvgIpc) is 3.10. The first-order chi connectivity index (χ1) is 23.7. The van der Waals surface area contributed by atoms with Crippen LogP contribution in [-0.4, -0.2) is 29.1 Å². The Balaban J connectivity index is 1.44. The molecule has 250 valence electrons. The van der Waals surface area contributed by atoms with Crippen LogP contribution in [0.3, 0.4) is 0 Å². The second kappa shape index (κ2) is 15.0. The number of benzene rings is 5. The van der Waals surface area contributed by atoms with Gasteiger partial charge in [0.1, 0.15) is 12.4 Å². The SMILES string of the molecule is CCOc1cc(C)c(-c2nc3ccccc3c(=O)n2N=Cc2cc(OCC)c(OCc3cccc4ccccc34)c(Br)c2Br)cc1C(C)C. The van der Waals surface area contributed by atoms with Crippen molar-refractivity contribution in [3.8, 4) is 28.6 Å². The van der Waals surface area contributed by atoms with Crippen molar-refractivity contribution in [2.24, 2.45) is 5.10 Å². The van der Waals surface area contributed by atoms with Gasteiger partial charge in [-0.15, -0.1) is 0 Å². The van der Waals surface area contributed by atoms with E-state index in [0.29, 0.717) is 62.6 Å². The van der Waals surface area contributed by atoms with Crippen molar-refractivity contribution >= 4 is 59.7 Å². The summed E-state index contributed by atoms with van der Waals surface area (Å²) in [6, 6.07) is 27.7. The Hall–Kier alpha value is -4.47. The number of fused-ring (bicyclic) bond motifs is 2. The number of hydrogen-bond acceptors (Lipinski definition) is 6. The molecule has 1 aromatic heterocycles. The van der Waals surface area contributed by atoms with Gasteiger partial charge in [-0.05, 0) is 116 Å². The summed E-state index contributed by atoms with van der Waals surface area (Å²) in [5.74, 6) is 2.58. The number of ether oxygens (including phenoxy) is 3. The standard InChI is InChI=1S/C40H37Br2N3O4/c1-6-47-34-19-25(5)32(21-31(34)24(3)4)39-44-33-18-11-10-17-30(33)40(46)45(39)43-22-28-20-35(48-7-2)38(37(42)36(28)41)49-23-27-15-12-14-26-13-8-9-16-29(26)27/h8-22,24H,6-7,23H2,1-5H3. The molecule has 0 atom stereocenters. The Labute approximate surface area is 302 Å². The van der Waals surface area contributed by atoms with E-state index < -0.39 is 0 Å². The van der Waals surface area contributed by atoms with E-state index in [1.54, 1.807) is 12.3 Å². The van der Waals surface area contributed by atoms with Gasteiger partial charge in [0.25, 0.3) is 5.56 Å². The zero-order valence-corrected chi connectivity index (χ0v) is 31.3. The molecule has 6 rings (SSSR count). The van der Waals surface area contributed by atoms with Gasteiger partial charge in [0.15, 0.2) is 17.3 Å². The monoisotopic (exact) mass is 781 g/mol. The summed E-state index contributed by atoms with van der Waals surface area (Å²) in [6.07, 6.45) is 1.64. The van der Waals surface area contributed by atoms with Crippen molar-refractivity contribution < 1.29 is 14.2 Å². The van der Waals surface area contributed by atoms with Gasteiger partial charge in [0.2, 0.25) is 0 Å². The minimum atomic E-state index is -0.272. The molecule has 0 saturated carbocycles. The highest BCUT2D eigenvalue weighted by atomic mass is 79.9. The van der Waals surface area contributed by atoms with Crippen molar-refractivity contribution in [1.29, 1.82) is 0 Å². The lowest BCUT2D eigenvalue weighted by molar-refractivity contribution is 0.268. The molecule has 0 aliphatic heterocycles. The highest BCUT2D eigenvalue weighted by Gasteiger charge is 2.20. The molecule has 1 heterocycles. The summed E-state index contributed by atoms with van der Waals surface area (Å²) in [5.41, 5.74) is 4.84. The van der Waals surface area contributed by atoms with Crippen LogP contribution < -0.4 is 19.8 Å². The van der Waals surface area contributed by atoms with E-state index in [2.05, 4.69) is 76.0 Å². The highest BCUT2D eigenvalue weighted by Crippen LogP contribution is 2.43. The topological polar surface area (TPSA) is 74.9 Å². The maximum atomic E-state index is 14.1. The van der Waals surface area contributed by atoms with Crippen LogP contribution in [0, 0.1) is 6.92 Å². The van der Waals surface area contributed by atoms with E-state index in [4.69, 9.17) is 24.3 Å². The molecule has 0 amide bonds. The second-order valence-electron chi connectivity index (χ2n) is 11.9. The number of halogens is 2. The zero-order chi connectivity index (χ0) is 34.7. The van der Waals surface area contributed by atoms with Crippen LogP contribution in [0.4, 0.5) is 0 Å². The summed E-state index contributed by atoms with van der Waals surface area (Å²) >= 11 is 7.49. The predicted octanol–water partition coefficient (Wildman–Crippen LogP) is 10.4. The van der Waals surface area contributed by atoms with Gasteiger partial charge in [0, 0.05) is 15.6 Å². The summed E-state index contributed by atoms with van der Waals surface area (Å²) in [7, 11) is 0. The Morgan fingerprint density at radius 2 is 1.53 bits per heavy atom. The lowest BCUT2D eigenvalue weighted by Gasteiger charge is -2.18. The first-order valence-corrected chi connectivity index (χ1v) is 17.9. The Morgan fingerprint density at radius 1 is 0.837 bits per heavy atom. The molecule has 5 aromatic carbocycles. The Morgan fingerprint density at radius 3 is 2.29 bits per heavy atom. The molecular weight excluding hydrogens is 746 g/mol. The van der Waals surface area contributed by atoms with Gasteiger partial charge in [0.05, 0.1) is 34.8 Å². The third-order valence-electron chi connectivity index (χ3n) is 8.29. The zero-order valence-electron chi connectivity index (χ0n) is 28.1. The Bertz CT molecular complexity index is 2260. The molecule has 7 nitrogen and oxygen atoms in total. The van der Waals surface area contributed by atoms with Crippen molar-refractivity contribution in [2.45, 2.75) is 47.1 Å². The number of para-hydroxylation sites is 1. The predicted molar refractivity (Wildman–Crippen MR) is 206 cm³/mol. The van der Waals surface area contributed by atoms with Crippen LogP contribution in [0.1, 0.15) is 55.9 Å². The minimum Gasteiger partial charge on any atom is -0.494 e. The fourth-order valence-electron chi connectivity index (χ4n) is 5.86. The van der Waals surface area contributed by atoms with E-state index in [1.807, 2.05) is 69.3 Å². The van der Waals surface area contributed by atoms with Crippen LogP contribution in [0.15, 0.2) is 104 Å². The lowest BCUT2D eigenvalue weighted by atomic mass is 9.96. The molecule has 0 bridgehead atoms. The van der Waals surface area contributed by atoms with Crippen molar-refractivity contribution in [2.75, 3.05) is 13.2 Å². The number of nitrogens with zero attached hydrogens (tertiary/aromatic N) is 3. The van der Waals surface area contributed by atoms with Gasteiger partial charge in [-0.2, -0.15) is 9.78 Å². The Kier molecular flexibility index (Phi) is 10.5. The fraction of sp³-hybridized carbons (Fsp3) is 0.225. The second-order valence-corrected chi connectivity index (χ2v) is 13.5. The smallest absolute Gasteiger partial charge is 0.282 e. The summed E-state index contributed by atoms with van der Waals surface area (Å²) in [5, 5.41) is 7.54. The fourth-order valence-corrected chi connectivity index (χ4v) is 6.80. The molecule has 0 N–H and O–H groups in total. The van der Waals surface area contributed by atoms with Gasteiger partial charge >= 0.3 is 0 Å². The van der Waals surface area contributed by atoms with Crippen molar-refractivity contribution in [3.63, 3.8) is 0 Å². The van der Waals surface area contributed by atoms with Crippen LogP contribution in [0.2, 0.25) is 0 Å². The molecule has 0 saturated heterocycles. The van der Waals surface area contributed by atoms with Crippen LogP contribution >= 0.6 is 31.9 Å². The molecule has 0 spiro atoms. The van der Waals surface area contributed by atoms with Gasteiger partial charge in [-0.25, -0.2) is 4.98 Å². The van der Waals surface area contributed by atoms with E-state index in [9.17, 15) is 4.79 Å². The summed E-state index contributed by atoms with van der Waals surface area (Å²) in [6.45, 7) is 11.5. The molecule has 9 heteroatoms. The maximum Gasteiger partial charge on any atom is 0.282 e. The number of hydrogen-bond donors (Lipinski definition) is 0. The molecule has 0 aliphatic carbocycles. The lowest BCUT2D eigenvalue weighted by Crippen LogP contribution is -2.21. The minimum absolute atomic E-state index is 0.191. The van der Waals surface area contributed by atoms with Gasteiger partial charge in [-0.3, -0.25) is 4.79 Å². The summed E-state index contributed by atoms with van der Waals surface area (Å²) in [4.78, 5) is 19.0. The van der Waals surface area contributed by atoms with Crippen molar-refractivity contribution in [3.05, 3.63) is 126 Å². The van der Waals surface area contributed by atoms with E-state index in [-0.39, 0.29) is 11.5 Å². The number of aryl methyl sites for hydroxylation is 1.